The van der Waals surface area contributed by atoms with Crippen molar-refractivity contribution < 1.29 is 14.6 Å². The summed E-state index contributed by atoms with van der Waals surface area (Å²) in [7, 11) is 0. The third-order valence-electron chi connectivity index (χ3n) is 2.45. The Hall–Kier alpha value is -1.63. The maximum atomic E-state index is 10.2. The van der Waals surface area contributed by atoms with Crippen LogP contribution in [0.1, 0.15) is 5.56 Å². The third-order valence-corrected chi connectivity index (χ3v) is 2.45. The molecule has 2 rings (SSSR count). The van der Waals surface area contributed by atoms with Gasteiger partial charge in [0.2, 0.25) is 0 Å². The molecule has 100 valence electrons. The fraction of sp³-hybridized carbons (Fsp3) is 0.417. The van der Waals surface area contributed by atoms with Crippen LogP contribution in [0.15, 0.2) is 30.3 Å². The molecule has 1 heterocycles. The summed E-state index contributed by atoms with van der Waals surface area (Å²) in [6.07, 6.45) is -1.06. The number of aliphatic hydroxyl groups is 1. The van der Waals surface area contributed by atoms with E-state index in [1.165, 1.54) is 0 Å². The summed E-state index contributed by atoms with van der Waals surface area (Å²) in [6, 6.07) is 9.33. The molecule has 1 aliphatic rings. The molecule has 2 unspecified atom stereocenters. The van der Waals surface area contributed by atoms with Gasteiger partial charge >= 0.3 is 6.09 Å². The van der Waals surface area contributed by atoms with E-state index < -0.39 is 6.09 Å². The first-order valence-electron chi connectivity index (χ1n) is 5.70. The lowest BCUT2D eigenvalue weighted by Gasteiger charge is -2.02. The van der Waals surface area contributed by atoms with Crippen molar-refractivity contribution in [1.29, 1.82) is 0 Å². The molecule has 1 aromatic carbocycles. The van der Waals surface area contributed by atoms with Gasteiger partial charge in [0.05, 0.1) is 6.10 Å². The molecular formula is C12H19N3O3. The molecule has 0 saturated carbocycles. The van der Waals surface area contributed by atoms with Crippen LogP contribution in [0.2, 0.25) is 0 Å². The van der Waals surface area contributed by atoms with Crippen molar-refractivity contribution in [2.24, 2.45) is 11.5 Å². The molecule has 6 N–H and O–H groups in total. The van der Waals surface area contributed by atoms with Gasteiger partial charge < -0.3 is 26.6 Å². The monoisotopic (exact) mass is 253 g/mol. The van der Waals surface area contributed by atoms with Crippen LogP contribution in [-0.2, 0) is 11.3 Å². The van der Waals surface area contributed by atoms with E-state index in [9.17, 15) is 4.79 Å². The second-order valence-electron chi connectivity index (χ2n) is 3.98. The molecule has 1 saturated heterocycles. The maximum absolute atomic E-state index is 10.2. The van der Waals surface area contributed by atoms with Crippen LogP contribution in [0, 0.1) is 0 Å². The summed E-state index contributed by atoms with van der Waals surface area (Å²) in [4.78, 5) is 10.2. The lowest BCUT2D eigenvalue weighted by molar-refractivity contribution is 0.150. The van der Waals surface area contributed by atoms with Gasteiger partial charge in [-0.25, -0.2) is 4.79 Å². The molecule has 1 aromatic rings. The first kappa shape index (κ1) is 14.4. The Bertz CT molecular complexity index is 351. The number of ether oxygens (including phenoxy) is 1. The quantitative estimate of drug-likeness (QED) is 0.571. The molecule has 18 heavy (non-hydrogen) atoms. The Morgan fingerprint density at radius 1 is 1.39 bits per heavy atom. The van der Waals surface area contributed by atoms with Crippen molar-refractivity contribution in [2.45, 2.75) is 18.8 Å². The van der Waals surface area contributed by atoms with Crippen LogP contribution < -0.4 is 16.8 Å². The van der Waals surface area contributed by atoms with E-state index in [-0.39, 0.29) is 18.8 Å². The molecule has 0 radical (unpaired) electrons. The molecule has 1 amide bonds. The van der Waals surface area contributed by atoms with Gasteiger partial charge in [-0.1, -0.05) is 30.3 Å². The third kappa shape index (κ3) is 5.62. The molecule has 6 heteroatoms. The molecule has 2 atom stereocenters. The second-order valence-corrected chi connectivity index (χ2v) is 3.98. The summed E-state index contributed by atoms with van der Waals surface area (Å²) >= 11 is 0. The second kappa shape index (κ2) is 7.65. The normalized spacial score (nSPS) is 21.9. The first-order valence-corrected chi connectivity index (χ1v) is 5.70. The molecular weight excluding hydrogens is 234 g/mol. The van der Waals surface area contributed by atoms with Crippen LogP contribution in [0.4, 0.5) is 4.79 Å². The zero-order chi connectivity index (χ0) is 13.4. The number of hydrogen-bond donors (Lipinski definition) is 4. The first-order chi connectivity index (χ1) is 8.59. The fourth-order valence-electron chi connectivity index (χ4n) is 1.41. The Balaban J connectivity index is 0.000000199. The van der Waals surface area contributed by atoms with Crippen molar-refractivity contribution >= 4 is 6.09 Å². The average molecular weight is 253 g/mol. The number of nitrogens with two attached hydrogens (primary N) is 2. The number of benzene rings is 1. The van der Waals surface area contributed by atoms with Crippen molar-refractivity contribution in [3.05, 3.63) is 35.9 Å². The van der Waals surface area contributed by atoms with E-state index in [4.69, 9.17) is 16.6 Å². The Morgan fingerprint density at radius 3 is 2.44 bits per heavy atom. The van der Waals surface area contributed by atoms with Crippen LogP contribution in [-0.4, -0.2) is 36.4 Å². The minimum atomic E-state index is -0.742. The molecule has 0 bridgehead atoms. The lowest BCUT2D eigenvalue weighted by atomic mass is 10.2. The molecule has 1 aliphatic heterocycles. The number of hydrogen-bond acceptors (Lipinski definition) is 5. The summed E-state index contributed by atoms with van der Waals surface area (Å²) in [6.45, 7) is 1.65. The van der Waals surface area contributed by atoms with Crippen molar-refractivity contribution in [3.8, 4) is 0 Å². The number of primary amides is 1. The molecule has 0 aliphatic carbocycles. The Labute approximate surface area is 106 Å². The van der Waals surface area contributed by atoms with E-state index in [1.54, 1.807) is 0 Å². The van der Waals surface area contributed by atoms with Gasteiger partial charge in [0.15, 0.2) is 0 Å². The van der Waals surface area contributed by atoms with Crippen LogP contribution in [0.3, 0.4) is 0 Å². The van der Waals surface area contributed by atoms with Gasteiger partial charge in [-0.2, -0.15) is 0 Å². The SMILES string of the molecule is NC(=O)OCc1ccccc1.NC1CNCC1O. The van der Waals surface area contributed by atoms with Crippen LogP contribution in [0.5, 0.6) is 0 Å². The number of β-amino-alcohol motifs (C(OH)–C–C–N with tert-alkyl or cyclic N) is 1. The standard InChI is InChI=1S/C8H9NO2.C4H10N2O/c9-8(10)11-6-7-4-2-1-3-5-7;5-3-1-6-2-4(3)7/h1-5H,6H2,(H2,9,10);3-4,6-7H,1-2,5H2. The Morgan fingerprint density at radius 2 is 2.06 bits per heavy atom. The van der Waals surface area contributed by atoms with Gasteiger partial charge in [0, 0.05) is 19.1 Å². The summed E-state index contributed by atoms with van der Waals surface area (Å²) in [5.74, 6) is 0. The smallest absolute Gasteiger partial charge is 0.404 e. The zero-order valence-electron chi connectivity index (χ0n) is 10.1. The molecule has 0 spiro atoms. The van der Waals surface area contributed by atoms with Gasteiger partial charge in [0.1, 0.15) is 6.61 Å². The number of aliphatic hydroxyl groups excluding tert-OH is 1. The highest BCUT2D eigenvalue weighted by Crippen LogP contribution is 1.99. The number of nitrogens with one attached hydrogen (secondary N) is 1. The highest BCUT2D eigenvalue weighted by Gasteiger charge is 2.19. The van der Waals surface area contributed by atoms with Crippen LogP contribution >= 0.6 is 0 Å². The molecule has 0 aromatic heterocycles. The van der Waals surface area contributed by atoms with Crippen molar-refractivity contribution in [1.82, 2.24) is 5.32 Å². The predicted octanol–water partition coefficient (Wildman–Crippen LogP) is -0.440. The fourth-order valence-corrected chi connectivity index (χ4v) is 1.41. The Kier molecular flexibility index (Phi) is 6.13. The van der Waals surface area contributed by atoms with E-state index >= 15 is 0 Å². The maximum Gasteiger partial charge on any atom is 0.404 e. The van der Waals surface area contributed by atoms with E-state index in [0.29, 0.717) is 6.54 Å². The summed E-state index contributed by atoms with van der Waals surface area (Å²) in [5, 5.41) is 11.8. The summed E-state index contributed by atoms with van der Waals surface area (Å²) < 4.78 is 4.57. The number of carbonyl (C=O) groups excluding carboxylic acids is 1. The predicted molar refractivity (Wildman–Crippen MR) is 67.7 cm³/mol. The summed E-state index contributed by atoms with van der Waals surface area (Å²) in [5.41, 5.74) is 11.1. The minimum Gasteiger partial charge on any atom is -0.445 e. The lowest BCUT2D eigenvalue weighted by Crippen LogP contribution is -2.32. The van der Waals surface area contributed by atoms with Gasteiger partial charge in [0.25, 0.3) is 0 Å². The molecule has 1 fully saturated rings. The van der Waals surface area contributed by atoms with E-state index in [1.807, 2.05) is 30.3 Å². The highest BCUT2D eigenvalue weighted by atomic mass is 16.5. The van der Waals surface area contributed by atoms with E-state index in [0.717, 1.165) is 12.1 Å². The molecule has 6 nitrogen and oxygen atoms in total. The van der Waals surface area contributed by atoms with Gasteiger partial charge in [-0.05, 0) is 5.56 Å². The highest BCUT2D eigenvalue weighted by molar-refractivity contribution is 5.64. The minimum absolute atomic E-state index is 0.0417. The van der Waals surface area contributed by atoms with Gasteiger partial charge in [-0.15, -0.1) is 0 Å². The average Bonchev–Trinajstić information content (AvgIpc) is 2.73. The van der Waals surface area contributed by atoms with Crippen molar-refractivity contribution in [3.63, 3.8) is 0 Å². The van der Waals surface area contributed by atoms with Gasteiger partial charge in [-0.3, -0.25) is 0 Å². The zero-order valence-corrected chi connectivity index (χ0v) is 10.1. The number of rotatable bonds is 2. The van der Waals surface area contributed by atoms with Crippen molar-refractivity contribution in [2.75, 3.05) is 13.1 Å². The van der Waals surface area contributed by atoms with E-state index in [2.05, 4.69) is 10.1 Å². The topological polar surface area (TPSA) is 111 Å². The number of amides is 1. The largest absolute Gasteiger partial charge is 0.445 e. The number of carbonyl (C=O) groups is 1. The van der Waals surface area contributed by atoms with Crippen LogP contribution in [0.25, 0.3) is 0 Å².